The molecule has 0 aliphatic rings. The minimum atomic E-state index is -1.01. The molecule has 98 valence electrons. The fourth-order valence-corrected chi connectivity index (χ4v) is 1.49. The number of hydrogen-bond acceptors (Lipinski definition) is 2. The number of anilines is 1. The van der Waals surface area contributed by atoms with E-state index in [0.717, 1.165) is 18.2 Å². The lowest BCUT2D eigenvalue weighted by Crippen LogP contribution is -2.14. The summed E-state index contributed by atoms with van der Waals surface area (Å²) in [4.78, 5) is 15.0. The minimum absolute atomic E-state index is 0.116. The van der Waals surface area contributed by atoms with E-state index < -0.39 is 23.5 Å². The van der Waals surface area contributed by atoms with E-state index in [9.17, 15) is 18.0 Å². The molecule has 6 heteroatoms. The van der Waals surface area contributed by atoms with Crippen LogP contribution < -0.4 is 5.32 Å². The molecule has 1 heterocycles. The van der Waals surface area contributed by atoms with Crippen LogP contribution in [0.4, 0.5) is 18.9 Å². The third-order valence-electron chi connectivity index (χ3n) is 2.36. The Bertz CT molecular complexity index is 599. The Morgan fingerprint density at radius 1 is 1.11 bits per heavy atom. The van der Waals surface area contributed by atoms with Crippen LogP contribution in [0, 0.1) is 17.6 Å². The van der Waals surface area contributed by atoms with E-state index in [1.807, 2.05) is 0 Å². The van der Waals surface area contributed by atoms with Gasteiger partial charge >= 0.3 is 0 Å². The van der Waals surface area contributed by atoms with E-state index in [2.05, 4.69) is 10.3 Å². The first-order chi connectivity index (χ1) is 9.04. The largest absolute Gasteiger partial charge is 0.324 e. The highest BCUT2D eigenvalue weighted by Gasteiger charge is 2.07. The molecule has 0 unspecified atom stereocenters. The molecule has 1 N–H and O–H groups in total. The highest BCUT2D eigenvalue weighted by molar-refractivity contribution is 5.92. The van der Waals surface area contributed by atoms with Crippen molar-refractivity contribution in [2.45, 2.75) is 6.42 Å². The van der Waals surface area contributed by atoms with Crippen LogP contribution in [-0.2, 0) is 11.2 Å². The number of aromatic nitrogens is 1. The number of hydrogen-bond donors (Lipinski definition) is 1. The molecule has 2 rings (SSSR count). The maximum atomic E-state index is 12.9. The van der Waals surface area contributed by atoms with Crippen LogP contribution in [0.1, 0.15) is 5.56 Å². The Hall–Kier alpha value is -2.37. The summed E-state index contributed by atoms with van der Waals surface area (Å²) < 4.78 is 38.2. The maximum absolute atomic E-state index is 12.9. The van der Waals surface area contributed by atoms with E-state index in [1.165, 1.54) is 18.3 Å². The molecule has 1 amide bonds. The molecule has 0 fully saturated rings. The number of nitrogens with one attached hydrogen (secondary N) is 1. The molecule has 0 aliphatic carbocycles. The second kappa shape index (κ2) is 5.51. The molecule has 0 bridgehead atoms. The number of carbonyl (C=O) groups is 1. The summed E-state index contributed by atoms with van der Waals surface area (Å²) in [6, 6.07) is 5.69. The third kappa shape index (κ3) is 3.54. The Balaban J connectivity index is 2.01. The molecule has 3 nitrogen and oxygen atoms in total. The fourth-order valence-electron chi connectivity index (χ4n) is 1.49. The van der Waals surface area contributed by atoms with Gasteiger partial charge in [0.05, 0.1) is 18.3 Å². The van der Waals surface area contributed by atoms with Gasteiger partial charge in [-0.2, -0.15) is 4.39 Å². The summed E-state index contributed by atoms with van der Waals surface area (Å²) in [6.07, 6.45) is 1.05. The van der Waals surface area contributed by atoms with E-state index in [0.29, 0.717) is 11.3 Å². The van der Waals surface area contributed by atoms with Gasteiger partial charge in [0.25, 0.3) is 0 Å². The van der Waals surface area contributed by atoms with Crippen LogP contribution in [-0.4, -0.2) is 10.9 Å². The molecule has 1 aromatic carbocycles. The van der Waals surface area contributed by atoms with Gasteiger partial charge in [0.15, 0.2) is 11.6 Å². The van der Waals surface area contributed by atoms with Gasteiger partial charge in [0, 0.05) is 0 Å². The number of carbonyl (C=O) groups excluding carboxylic acids is 1. The number of pyridine rings is 1. The predicted molar refractivity (Wildman–Crippen MR) is 62.9 cm³/mol. The summed E-state index contributed by atoms with van der Waals surface area (Å²) >= 11 is 0. The fraction of sp³-hybridized carbons (Fsp3) is 0.0769. The van der Waals surface area contributed by atoms with Gasteiger partial charge < -0.3 is 5.32 Å². The van der Waals surface area contributed by atoms with Crippen LogP contribution >= 0.6 is 0 Å². The molecule has 0 saturated carbocycles. The monoisotopic (exact) mass is 266 g/mol. The normalized spacial score (nSPS) is 10.3. The van der Waals surface area contributed by atoms with Crippen molar-refractivity contribution >= 4 is 11.6 Å². The van der Waals surface area contributed by atoms with Crippen molar-refractivity contribution in [1.82, 2.24) is 4.98 Å². The summed E-state index contributed by atoms with van der Waals surface area (Å²) in [5.41, 5.74) is 0.667. The molecule has 0 atom stereocenters. The molecule has 0 saturated heterocycles. The summed E-state index contributed by atoms with van der Waals surface area (Å²) in [6.45, 7) is 0. The first kappa shape index (κ1) is 13.1. The quantitative estimate of drug-likeness (QED) is 0.868. The lowest BCUT2D eigenvalue weighted by Gasteiger charge is -2.05. The lowest BCUT2D eigenvalue weighted by molar-refractivity contribution is -0.115. The predicted octanol–water partition coefficient (Wildman–Crippen LogP) is 2.68. The van der Waals surface area contributed by atoms with E-state index in [4.69, 9.17) is 0 Å². The van der Waals surface area contributed by atoms with Crippen LogP contribution in [0.25, 0.3) is 0 Å². The van der Waals surface area contributed by atoms with Crippen LogP contribution in [0.2, 0.25) is 0 Å². The highest BCUT2D eigenvalue weighted by atomic mass is 19.2. The maximum Gasteiger partial charge on any atom is 0.228 e. The second-order valence-corrected chi connectivity index (χ2v) is 3.84. The minimum Gasteiger partial charge on any atom is -0.324 e. The second-order valence-electron chi connectivity index (χ2n) is 3.84. The Morgan fingerprint density at radius 2 is 1.89 bits per heavy atom. The smallest absolute Gasteiger partial charge is 0.228 e. The van der Waals surface area contributed by atoms with Crippen molar-refractivity contribution < 1.29 is 18.0 Å². The molecular weight excluding hydrogens is 257 g/mol. The number of benzene rings is 1. The average molecular weight is 266 g/mol. The van der Waals surface area contributed by atoms with Gasteiger partial charge in [0.1, 0.15) is 0 Å². The van der Waals surface area contributed by atoms with E-state index in [-0.39, 0.29) is 6.42 Å². The van der Waals surface area contributed by atoms with Crippen molar-refractivity contribution in [2.24, 2.45) is 0 Å². The molecule has 0 aliphatic heterocycles. The number of halogens is 3. The Kier molecular flexibility index (Phi) is 3.79. The molecule has 0 radical (unpaired) electrons. The Labute approximate surface area is 107 Å². The van der Waals surface area contributed by atoms with E-state index >= 15 is 0 Å². The summed E-state index contributed by atoms with van der Waals surface area (Å²) in [5.74, 6) is -3.06. The zero-order valence-electron chi connectivity index (χ0n) is 9.66. The zero-order valence-corrected chi connectivity index (χ0v) is 9.66. The topological polar surface area (TPSA) is 42.0 Å². The highest BCUT2D eigenvalue weighted by Crippen LogP contribution is 2.11. The molecule has 2 aromatic rings. The molecule has 0 spiro atoms. The molecule has 19 heavy (non-hydrogen) atoms. The van der Waals surface area contributed by atoms with Crippen molar-refractivity contribution in [1.29, 1.82) is 0 Å². The van der Waals surface area contributed by atoms with Crippen molar-refractivity contribution in [2.75, 3.05) is 5.32 Å². The van der Waals surface area contributed by atoms with Crippen molar-refractivity contribution in [3.8, 4) is 0 Å². The van der Waals surface area contributed by atoms with Crippen LogP contribution in [0.15, 0.2) is 36.5 Å². The molecular formula is C13H9F3N2O. The van der Waals surface area contributed by atoms with Crippen LogP contribution in [0.3, 0.4) is 0 Å². The van der Waals surface area contributed by atoms with E-state index in [1.54, 1.807) is 0 Å². The molecule has 1 aromatic heterocycles. The van der Waals surface area contributed by atoms with Gasteiger partial charge in [-0.3, -0.25) is 4.79 Å². The first-order valence-corrected chi connectivity index (χ1v) is 5.40. The first-order valence-electron chi connectivity index (χ1n) is 5.40. The van der Waals surface area contributed by atoms with Crippen molar-refractivity contribution in [3.05, 3.63) is 59.7 Å². The standard InChI is InChI=1S/C13H9F3N2O/c14-10-3-1-8(5-11(10)15)6-13(19)18-9-2-4-12(16)17-7-9/h1-5,7H,6H2,(H,18,19). The summed E-state index contributed by atoms with van der Waals surface area (Å²) in [5, 5.41) is 2.47. The van der Waals surface area contributed by atoms with Gasteiger partial charge in [-0.1, -0.05) is 6.07 Å². The van der Waals surface area contributed by atoms with Crippen LogP contribution in [0.5, 0.6) is 0 Å². The van der Waals surface area contributed by atoms with Gasteiger partial charge in [-0.25, -0.2) is 13.8 Å². The van der Waals surface area contributed by atoms with Crippen molar-refractivity contribution in [3.63, 3.8) is 0 Å². The van der Waals surface area contributed by atoms with Gasteiger partial charge in [0.2, 0.25) is 11.9 Å². The zero-order chi connectivity index (χ0) is 13.8. The SMILES string of the molecule is O=C(Cc1ccc(F)c(F)c1)Nc1ccc(F)nc1. The van der Waals surface area contributed by atoms with Gasteiger partial charge in [-0.05, 0) is 29.8 Å². The average Bonchev–Trinajstić information content (AvgIpc) is 2.37. The number of amides is 1. The van der Waals surface area contributed by atoms with Gasteiger partial charge in [-0.15, -0.1) is 0 Å². The number of nitrogens with zero attached hydrogens (tertiary/aromatic N) is 1. The number of rotatable bonds is 3. The lowest BCUT2D eigenvalue weighted by atomic mass is 10.1. The third-order valence-corrected chi connectivity index (χ3v) is 2.36. The summed E-state index contributed by atoms with van der Waals surface area (Å²) in [7, 11) is 0. The Morgan fingerprint density at radius 3 is 2.53 bits per heavy atom.